The van der Waals surface area contributed by atoms with Crippen molar-refractivity contribution >= 4 is 0 Å². The van der Waals surface area contributed by atoms with Crippen molar-refractivity contribution in [3.8, 4) is 0 Å². The van der Waals surface area contributed by atoms with Crippen molar-refractivity contribution in [1.29, 1.82) is 0 Å². The first-order chi connectivity index (χ1) is 7.54. The SMILES string of the molecule is Cc1cc(F)ccc1CN(CCO)C(C)C. The van der Waals surface area contributed by atoms with Gasteiger partial charge in [-0.15, -0.1) is 0 Å². The summed E-state index contributed by atoms with van der Waals surface area (Å²) in [4.78, 5) is 2.17. The van der Waals surface area contributed by atoms with Gasteiger partial charge in [0, 0.05) is 19.1 Å². The summed E-state index contributed by atoms with van der Waals surface area (Å²) >= 11 is 0. The van der Waals surface area contributed by atoms with Gasteiger partial charge in [-0.2, -0.15) is 0 Å². The molecule has 0 amide bonds. The second-order valence-electron chi connectivity index (χ2n) is 4.36. The fourth-order valence-corrected chi connectivity index (χ4v) is 1.70. The number of halogens is 1. The Labute approximate surface area is 96.7 Å². The highest BCUT2D eigenvalue weighted by Gasteiger charge is 2.10. The van der Waals surface area contributed by atoms with E-state index in [-0.39, 0.29) is 12.4 Å². The minimum absolute atomic E-state index is 0.151. The highest BCUT2D eigenvalue weighted by molar-refractivity contribution is 5.26. The summed E-state index contributed by atoms with van der Waals surface area (Å²) in [5.74, 6) is -0.195. The van der Waals surface area contributed by atoms with Gasteiger partial charge >= 0.3 is 0 Å². The molecule has 0 atom stereocenters. The topological polar surface area (TPSA) is 23.5 Å². The van der Waals surface area contributed by atoms with Gasteiger partial charge in [-0.3, -0.25) is 4.90 Å². The highest BCUT2D eigenvalue weighted by atomic mass is 19.1. The van der Waals surface area contributed by atoms with Crippen LogP contribution in [0.5, 0.6) is 0 Å². The van der Waals surface area contributed by atoms with Crippen LogP contribution in [0.1, 0.15) is 25.0 Å². The van der Waals surface area contributed by atoms with Gasteiger partial charge < -0.3 is 5.11 Å². The molecule has 1 rings (SSSR count). The van der Waals surface area contributed by atoms with E-state index in [1.54, 1.807) is 6.07 Å². The van der Waals surface area contributed by atoms with E-state index in [4.69, 9.17) is 5.11 Å². The third kappa shape index (κ3) is 3.58. The van der Waals surface area contributed by atoms with Gasteiger partial charge in [0.1, 0.15) is 5.82 Å². The standard InChI is InChI=1S/C13H20FNO/c1-10(2)15(6-7-16)9-12-4-5-13(14)8-11(12)3/h4-5,8,10,16H,6-7,9H2,1-3H3. The van der Waals surface area contributed by atoms with Gasteiger partial charge in [0.05, 0.1) is 6.61 Å². The molecule has 2 nitrogen and oxygen atoms in total. The summed E-state index contributed by atoms with van der Waals surface area (Å²) < 4.78 is 12.9. The average Bonchev–Trinajstić information content (AvgIpc) is 2.20. The Balaban J connectivity index is 2.77. The Morgan fingerprint density at radius 2 is 2.06 bits per heavy atom. The normalized spacial score (nSPS) is 11.4. The minimum atomic E-state index is -0.195. The largest absolute Gasteiger partial charge is 0.395 e. The van der Waals surface area contributed by atoms with Crippen LogP contribution in [-0.4, -0.2) is 29.2 Å². The first-order valence-corrected chi connectivity index (χ1v) is 5.64. The zero-order valence-electron chi connectivity index (χ0n) is 10.2. The molecule has 1 N–H and O–H groups in total. The molecule has 0 unspecified atom stereocenters. The number of aliphatic hydroxyl groups is 1. The molecule has 0 heterocycles. The molecule has 16 heavy (non-hydrogen) atoms. The first-order valence-electron chi connectivity index (χ1n) is 5.64. The van der Waals surface area contributed by atoms with Crippen LogP contribution in [0.2, 0.25) is 0 Å². The number of rotatable bonds is 5. The lowest BCUT2D eigenvalue weighted by Crippen LogP contribution is -2.33. The van der Waals surface area contributed by atoms with Crippen LogP contribution in [0.3, 0.4) is 0 Å². The lowest BCUT2D eigenvalue weighted by molar-refractivity contribution is 0.159. The van der Waals surface area contributed by atoms with E-state index >= 15 is 0 Å². The van der Waals surface area contributed by atoms with E-state index in [0.717, 1.165) is 17.7 Å². The van der Waals surface area contributed by atoms with Crippen molar-refractivity contribution in [2.75, 3.05) is 13.2 Å². The monoisotopic (exact) mass is 225 g/mol. The zero-order valence-corrected chi connectivity index (χ0v) is 10.2. The quantitative estimate of drug-likeness (QED) is 0.831. The molecule has 0 aliphatic rings. The fraction of sp³-hybridized carbons (Fsp3) is 0.538. The number of benzene rings is 1. The van der Waals surface area contributed by atoms with E-state index < -0.39 is 0 Å². The number of hydrogen-bond acceptors (Lipinski definition) is 2. The van der Waals surface area contributed by atoms with Crippen molar-refractivity contribution in [2.45, 2.75) is 33.4 Å². The van der Waals surface area contributed by atoms with Crippen LogP contribution < -0.4 is 0 Å². The van der Waals surface area contributed by atoms with Crippen LogP contribution in [0.25, 0.3) is 0 Å². The summed E-state index contributed by atoms with van der Waals surface area (Å²) in [6, 6.07) is 5.22. The highest BCUT2D eigenvalue weighted by Crippen LogP contribution is 2.14. The first kappa shape index (κ1) is 13.1. The zero-order chi connectivity index (χ0) is 12.1. The molecule has 0 aliphatic carbocycles. The van der Waals surface area contributed by atoms with E-state index in [0.29, 0.717) is 12.6 Å². The number of hydrogen-bond donors (Lipinski definition) is 1. The second kappa shape index (κ2) is 5.97. The van der Waals surface area contributed by atoms with Crippen molar-refractivity contribution in [2.24, 2.45) is 0 Å². The van der Waals surface area contributed by atoms with E-state index in [9.17, 15) is 4.39 Å². The van der Waals surface area contributed by atoms with Crippen molar-refractivity contribution in [1.82, 2.24) is 4.90 Å². The molecule has 1 aromatic rings. The Morgan fingerprint density at radius 3 is 2.56 bits per heavy atom. The van der Waals surface area contributed by atoms with E-state index in [2.05, 4.69) is 18.7 Å². The Kier molecular flexibility index (Phi) is 4.90. The summed E-state index contributed by atoms with van der Waals surface area (Å²) in [5.41, 5.74) is 2.08. The molecular formula is C13H20FNO. The van der Waals surface area contributed by atoms with Crippen LogP contribution >= 0.6 is 0 Å². The van der Waals surface area contributed by atoms with Crippen molar-refractivity contribution < 1.29 is 9.50 Å². The van der Waals surface area contributed by atoms with Gasteiger partial charge in [-0.1, -0.05) is 6.07 Å². The van der Waals surface area contributed by atoms with E-state index in [1.165, 1.54) is 6.07 Å². The van der Waals surface area contributed by atoms with E-state index in [1.807, 2.05) is 13.0 Å². The fourth-order valence-electron chi connectivity index (χ4n) is 1.70. The van der Waals surface area contributed by atoms with Crippen LogP contribution in [0.4, 0.5) is 4.39 Å². The van der Waals surface area contributed by atoms with Gasteiger partial charge in [0.2, 0.25) is 0 Å². The Bertz CT molecular complexity index is 339. The van der Waals surface area contributed by atoms with Crippen molar-refractivity contribution in [3.63, 3.8) is 0 Å². The summed E-state index contributed by atoms with van der Waals surface area (Å²) in [7, 11) is 0. The number of nitrogens with zero attached hydrogens (tertiary/aromatic N) is 1. The molecule has 0 saturated carbocycles. The summed E-state index contributed by atoms with van der Waals surface area (Å²) in [5, 5.41) is 8.98. The molecule has 0 aromatic heterocycles. The minimum Gasteiger partial charge on any atom is -0.395 e. The molecular weight excluding hydrogens is 205 g/mol. The molecule has 0 bridgehead atoms. The maximum Gasteiger partial charge on any atom is 0.123 e. The molecule has 1 aromatic carbocycles. The maximum atomic E-state index is 12.9. The predicted octanol–water partition coefficient (Wildman–Crippen LogP) is 2.34. The maximum absolute atomic E-state index is 12.9. The number of aliphatic hydroxyl groups excluding tert-OH is 1. The van der Waals surface area contributed by atoms with Gasteiger partial charge in [0.15, 0.2) is 0 Å². The third-order valence-corrected chi connectivity index (χ3v) is 2.80. The predicted molar refractivity (Wildman–Crippen MR) is 63.8 cm³/mol. The van der Waals surface area contributed by atoms with Gasteiger partial charge in [-0.25, -0.2) is 4.39 Å². The molecule has 0 spiro atoms. The molecule has 3 heteroatoms. The average molecular weight is 225 g/mol. The summed E-state index contributed by atoms with van der Waals surface area (Å²) in [6.45, 7) is 7.65. The van der Waals surface area contributed by atoms with Crippen molar-refractivity contribution in [3.05, 3.63) is 35.1 Å². The molecule has 0 radical (unpaired) electrons. The smallest absolute Gasteiger partial charge is 0.123 e. The van der Waals surface area contributed by atoms with Crippen LogP contribution in [-0.2, 0) is 6.54 Å². The second-order valence-corrected chi connectivity index (χ2v) is 4.36. The molecule has 90 valence electrons. The van der Waals surface area contributed by atoms with Gasteiger partial charge in [-0.05, 0) is 44.0 Å². The lowest BCUT2D eigenvalue weighted by Gasteiger charge is -2.26. The van der Waals surface area contributed by atoms with Crippen LogP contribution in [0, 0.1) is 12.7 Å². The lowest BCUT2D eigenvalue weighted by atomic mass is 10.1. The Hall–Kier alpha value is -0.930. The molecule has 0 fully saturated rings. The Morgan fingerprint density at radius 1 is 1.38 bits per heavy atom. The summed E-state index contributed by atoms with van der Waals surface area (Å²) in [6.07, 6.45) is 0. The molecule has 0 saturated heterocycles. The molecule has 0 aliphatic heterocycles. The third-order valence-electron chi connectivity index (χ3n) is 2.80. The number of aryl methyl sites for hydroxylation is 1. The van der Waals surface area contributed by atoms with Crippen LogP contribution in [0.15, 0.2) is 18.2 Å². The van der Waals surface area contributed by atoms with Gasteiger partial charge in [0.25, 0.3) is 0 Å².